The molecule has 3 N–H and O–H groups in total. The molecule has 8 heteroatoms. The molecule has 2 unspecified atom stereocenters. The van der Waals surface area contributed by atoms with Crippen LogP contribution in [0.4, 0.5) is 0 Å². The van der Waals surface area contributed by atoms with E-state index in [-0.39, 0.29) is 0 Å². The van der Waals surface area contributed by atoms with Gasteiger partial charge in [0.25, 0.3) is 0 Å². The number of aliphatic imine (C=N–C) groups is 1. The Hall–Kier alpha value is -0.470. The first-order valence-corrected chi connectivity index (χ1v) is 10.8. The van der Waals surface area contributed by atoms with E-state index in [2.05, 4.69) is 26.6 Å². The van der Waals surface area contributed by atoms with E-state index in [1.165, 1.54) is 19.1 Å². The Morgan fingerprint density at radius 3 is 2.59 bits per heavy atom. The molecule has 1 aliphatic carbocycles. The summed E-state index contributed by atoms with van der Waals surface area (Å²) in [6.45, 7) is 4.16. The summed E-state index contributed by atoms with van der Waals surface area (Å²) in [5.41, 5.74) is -0.570. The van der Waals surface area contributed by atoms with Gasteiger partial charge in [0, 0.05) is 30.4 Å². The number of nitrogens with one attached hydrogen (secondary N) is 3. The van der Waals surface area contributed by atoms with Crippen molar-refractivity contribution in [3.8, 4) is 0 Å². The maximum atomic E-state index is 11.4. The molecule has 0 saturated heterocycles. The Labute approximate surface area is 139 Å². The Morgan fingerprint density at radius 1 is 1.36 bits per heavy atom. The van der Waals surface area contributed by atoms with Crippen LogP contribution in [0.2, 0.25) is 0 Å². The molecular formula is C14H30N4O2S2. The summed E-state index contributed by atoms with van der Waals surface area (Å²) in [6, 6.07) is 0.434. The molecule has 0 bridgehead atoms. The third-order valence-corrected chi connectivity index (χ3v) is 5.70. The Morgan fingerprint density at radius 2 is 2.05 bits per heavy atom. The van der Waals surface area contributed by atoms with Crippen LogP contribution in [0.3, 0.4) is 0 Å². The third kappa shape index (κ3) is 7.69. The van der Waals surface area contributed by atoms with Crippen LogP contribution in [0.15, 0.2) is 4.99 Å². The lowest BCUT2D eigenvalue weighted by Crippen LogP contribution is -2.54. The zero-order valence-electron chi connectivity index (χ0n) is 14.3. The van der Waals surface area contributed by atoms with Crippen molar-refractivity contribution in [3.05, 3.63) is 0 Å². The molecule has 0 heterocycles. The average Bonchev–Trinajstić information content (AvgIpc) is 2.41. The Bertz CT molecular complexity index is 477. The van der Waals surface area contributed by atoms with Crippen LogP contribution in [0.25, 0.3) is 0 Å². The van der Waals surface area contributed by atoms with Gasteiger partial charge in [0.2, 0.25) is 10.0 Å². The molecule has 0 amide bonds. The lowest BCUT2D eigenvalue weighted by atomic mass is 9.95. The van der Waals surface area contributed by atoms with E-state index in [1.807, 2.05) is 25.6 Å². The minimum Gasteiger partial charge on any atom is -0.355 e. The van der Waals surface area contributed by atoms with E-state index >= 15 is 0 Å². The first kappa shape index (κ1) is 19.6. The number of rotatable bonds is 6. The second-order valence-corrected chi connectivity index (χ2v) is 9.44. The van der Waals surface area contributed by atoms with Gasteiger partial charge in [-0.3, -0.25) is 4.99 Å². The molecule has 1 rings (SSSR count). The summed E-state index contributed by atoms with van der Waals surface area (Å²) in [6.07, 6.45) is 8.17. The van der Waals surface area contributed by atoms with Crippen molar-refractivity contribution in [1.29, 1.82) is 0 Å². The van der Waals surface area contributed by atoms with Gasteiger partial charge in [0.1, 0.15) is 0 Å². The fraction of sp³-hybridized carbons (Fsp3) is 0.929. The summed E-state index contributed by atoms with van der Waals surface area (Å²) < 4.78 is 25.3. The summed E-state index contributed by atoms with van der Waals surface area (Å²) in [5.74, 6) is 0.732. The molecule has 1 aliphatic rings. The van der Waals surface area contributed by atoms with Gasteiger partial charge in [0.05, 0.1) is 6.26 Å². The minimum absolute atomic E-state index is 0.434. The smallest absolute Gasteiger partial charge is 0.209 e. The van der Waals surface area contributed by atoms with Crippen molar-refractivity contribution in [3.63, 3.8) is 0 Å². The zero-order chi connectivity index (χ0) is 16.8. The normalized spacial score (nSPS) is 24.1. The van der Waals surface area contributed by atoms with E-state index in [0.29, 0.717) is 17.8 Å². The fourth-order valence-electron chi connectivity index (χ4n) is 2.72. The molecule has 1 saturated carbocycles. The summed E-state index contributed by atoms with van der Waals surface area (Å²) in [5, 5.41) is 7.39. The first-order valence-electron chi connectivity index (χ1n) is 7.64. The van der Waals surface area contributed by atoms with Gasteiger partial charge in [-0.1, -0.05) is 6.42 Å². The monoisotopic (exact) mass is 350 g/mol. The molecule has 1 fully saturated rings. The van der Waals surface area contributed by atoms with Gasteiger partial charge in [-0.15, -0.1) is 0 Å². The first-order chi connectivity index (χ1) is 10.1. The molecule has 0 aromatic rings. The van der Waals surface area contributed by atoms with Crippen LogP contribution >= 0.6 is 11.8 Å². The summed E-state index contributed by atoms with van der Waals surface area (Å²) >= 11 is 1.93. The second-order valence-electron chi connectivity index (χ2n) is 6.55. The highest BCUT2D eigenvalue weighted by Crippen LogP contribution is 2.26. The summed E-state index contributed by atoms with van der Waals surface area (Å²) in [4.78, 5) is 4.24. The molecule has 2 atom stereocenters. The molecule has 0 radical (unpaired) electrons. The summed E-state index contributed by atoms with van der Waals surface area (Å²) in [7, 11) is -1.49. The van der Waals surface area contributed by atoms with Crippen molar-refractivity contribution < 1.29 is 8.42 Å². The number of nitrogens with zero attached hydrogens (tertiary/aromatic N) is 1. The van der Waals surface area contributed by atoms with E-state index in [1.54, 1.807) is 7.05 Å². The van der Waals surface area contributed by atoms with Crippen molar-refractivity contribution in [2.24, 2.45) is 4.99 Å². The topological polar surface area (TPSA) is 82.6 Å². The van der Waals surface area contributed by atoms with Crippen LogP contribution in [0.5, 0.6) is 0 Å². The Kier molecular flexibility index (Phi) is 7.48. The highest BCUT2D eigenvalue weighted by atomic mass is 32.2. The number of thioether (sulfide) groups is 1. The molecule has 0 aromatic heterocycles. The highest BCUT2D eigenvalue weighted by molar-refractivity contribution is 7.99. The predicted molar refractivity (Wildman–Crippen MR) is 96.1 cm³/mol. The van der Waals surface area contributed by atoms with Gasteiger partial charge in [-0.25, -0.2) is 13.1 Å². The maximum absolute atomic E-state index is 11.4. The van der Waals surface area contributed by atoms with Gasteiger partial charge in [-0.2, -0.15) is 11.8 Å². The maximum Gasteiger partial charge on any atom is 0.209 e. The lowest BCUT2D eigenvalue weighted by Gasteiger charge is -2.31. The van der Waals surface area contributed by atoms with Gasteiger partial charge < -0.3 is 10.6 Å². The number of hydrogen-bond acceptors (Lipinski definition) is 4. The number of hydrogen-bond donors (Lipinski definition) is 3. The SMILES string of the molecule is CN=C(NCC(C)(C)NS(C)(=O)=O)NC1CCCC(SC)C1. The van der Waals surface area contributed by atoms with Crippen LogP contribution in [-0.4, -0.2) is 57.3 Å². The molecule has 22 heavy (non-hydrogen) atoms. The largest absolute Gasteiger partial charge is 0.355 e. The quantitative estimate of drug-likeness (QED) is 0.494. The van der Waals surface area contributed by atoms with Crippen LogP contribution in [-0.2, 0) is 10.0 Å². The lowest BCUT2D eigenvalue weighted by molar-refractivity contribution is 0.411. The fourth-order valence-corrected chi connectivity index (χ4v) is 4.62. The van der Waals surface area contributed by atoms with Gasteiger partial charge in [-0.05, 0) is 39.4 Å². The highest BCUT2D eigenvalue weighted by Gasteiger charge is 2.24. The van der Waals surface area contributed by atoms with Gasteiger partial charge >= 0.3 is 0 Å². The minimum atomic E-state index is -3.23. The van der Waals surface area contributed by atoms with E-state index < -0.39 is 15.6 Å². The number of guanidine groups is 1. The predicted octanol–water partition coefficient (Wildman–Crippen LogP) is 1.15. The second kappa shape index (κ2) is 8.40. The van der Waals surface area contributed by atoms with Gasteiger partial charge in [0.15, 0.2) is 5.96 Å². The molecule has 130 valence electrons. The van der Waals surface area contributed by atoms with Crippen LogP contribution in [0, 0.1) is 0 Å². The Balaban J connectivity index is 2.49. The third-order valence-electron chi connectivity index (χ3n) is 3.68. The van der Waals surface area contributed by atoms with E-state index in [4.69, 9.17) is 0 Å². The van der Waals surface area contributed by atoms with Crippen LogP contribution < -0.4 is 15.4 Å². The molecule has 0 aromatic carbocycles. The average molecular weight is 351 g/mol. The van der Waals surface area contributed by atoms with Crippen molar-refractivity contribution in [2.75, 3.05) is 26.1 Å². The van der Waals surface area contributed by atoms with Crippen molar-refractivity contribution in [1.82, 2.24) is 15.4 Å². The standard InChI is InChI=1S/C14H30N4O2S2/c1-14(2,18-22(5,19)20)10-16-13(15-3)17-11-7-6-8-12(9-11)21-4/h11-12,18H,6-10H2,1-5H3,(H2,15,16,17). The zero-order valence-corrected chi connectivity index (χ0v) is 15.9. The van der Waals surface area contributed by atoms with Crippen molar-refractivity contribution >= 4 is 27.7 Å². The number of sulfonamides is 1. The molecular weight excluding hydrogens is 320 g/mol. The van der Waals surface area contributed by atoms with E-state index in [9.17, 15) is 8.42 Å². The molecule has 0 spiro atoms. The van der Waals surface area contributed by atoms with Crippen LogP contribution in [0.1, 0.15) is 39.5 Å². The van der Waals surface area contributed by atoms with Crippen molar-refractivity contribution in [2.45, 2.75) is 56.4 Å². The van der Waals surface area contributed by atoms with E-state index in [0.717, 1.165) is 18.8 Å². The molecule has 6 nitrogen and oxygen atoms in total. The molecule has 0 aliphatic heterocycles.